The summed E-state index contributed by atoms with van der Waals surface area (Å²) in [7, 11) is 0. The van der Waals surface area contributed by atoms with E-state index in [9.17, 15) is 9.18 Å². The molecule has 5 heteroatoms. The first-order valence-electron chi connectivity index (χ1n) is 7.91. The monoisotopic (exact) mass is 322 g/mol. The summed E-state index contributed by atoms with van der Waals surface area (Å²) in [5.41, 5.74) is 1.14. The molecule has 3 saturated heterocycles. The van der Waals surface area contributed by atoms with E-state index in [4.69, 9.17) is 0 Å². The second-order valence-electron chi connectivity index (χ2n) is 6.40. The first-order chi connectivity index (χ1) is 10.7. The van der Waals surface area contributed by atoms with Crippen LogP contribution in [-0.4, -0.2) is 53.4 Å². The van der Waals surface area contributed by atoms with Crippen molar-refractivity contribution in [2.24, 2.45) is 5.92 Å². The van der Waals surface area contributed by atoms with Gasteiger partial charge < -0.3 is 4.90 Å². The molecule has 3 aliphatic rings. The predicted molar refractivity (Wildman–Crippen MR) is 88.3 cm³/mol. The van der Waals surface area contributed by atoms with E-state index in [0.29, 0.717) is 17.7 Å². The minimum absolute atomic E-state index is 0.187. The molecule has 0 spiro atoms. The number of hydrogen-bond acceptors (Lipinski definition) is 3. The van der Waals surface area contributed by atoms with Gasteiger partial charge in [-0.05, 0) is 42.7 Å². The number of carbonyl (C=O) groups excluding carboxylic acids is 1. The van der Waals surface area contributed by atoms with Crippen molar-refractivity contribution < 1.29 is 9.18 Å². The van der Waals surface area contributed by atoms with E-state index in [2.05, 4.69) is 9.80 Å². The molecular formula is C17H23FN2OS. The van der Waals surface area contributed by atoms with Gasteiger partial charge in [-0.1, -0.05) is 12.1 Å². The Bertz CT molecular complexity index is 522. The van der Waals surface area contributed by atoms with Gasteiger partial charge >= 0.3 is 0 Å². The number of halogens is 1. The maximum atomic E-state index is 13.0. The van der Waals surface area contributed by atoms with Crippen LogP contribution in [0.2, 0.25) is 0 Å². The second kappa shape index (κ2) is 7.01. The Balaban J connectivity index is 1.67. The van der Waals surface area contributed by atoms with Crippen molar-refractivity contribution >= 4 is 17.7 Å². The van der Waals surface area contributed by atoms with Crippen molar-refractivity contribution in [1.82, 2.24) is 9.80 Å². The minimum atomic E-state index is -0.187. The Hall–Kier alpha value is -1.07. The van der Waals surface area contributed by atoms with Crippen LogP contribution in [0.5, 0.6) is 0 Å². The van der Waals surface area contributed by atoms with Crippen molar-refractivity contribution in [1.29, 1.82) is 0 Å². The average molecular weight is 322 g/mol. The number of carbonyl (C=O) groups is 1. The number of hydrogen-bond donors (Lipinski definition) is 0. The van der Waals surface area contributed by atoms with Gasteiger partial charge in [-0.25, -0.2) is 4.39 Å². The van der Waals surface area contributed by atoms with Gasteiger partial charge in [0.05, 0.1) is 5.75 Å². The van der Waals surface area contributed by atoms with Crippen LogP contribution in [0.25, 0.3) is 0 Å². The van der Waals surface area contributed by atoms with Gasteiger partial charge in [0.1, 0.15) is 5.82 Å². The third kappa shape index (κ3) is 3.63. The molecule has 1 aromatic carbocycles. The largest absolute Gasteiger partial charge is 0.337 e. The lowest BCUT2D eigenvalue weighted by molar-refractivity contribution is -0.132. The van der Waals surface area contributed by atoms with Crippen LogP contribution in [0.1, 0.15) is 18.4 Å². The van der Waals surface area contributed by atoms with E-state index in [1.165, 1.54) is 18.6 Å². The predicted octanol–water partition coefficient (Wildman–Crippen LogP) is 2.61. The second-order valence-corrected chi connectivity index (χ2v) is 7.26. The Morgan fingerprint density at radius 2 is 2.00 bits per heavy atom. The normalized spacial score (nSPS) is 25.3. The van der Waals surface area contributed by atoms with Crippen molar-refractivity contribution in [3.63, 3.8) is 0 Å². The molecule has 3 fully saturated rings. The Kier molecular flexibility index (Phi) is 5.03. The molecule has 0 aliphatic carbocycles. The molecule has 0 saturated carbocycles. The standard InChI is InChI=1S/C17H23FN2OS/c1-22-12-17(21)20-10-14-4-7-16(20)11-19(9-14)8-13-2-5-15(18)6-3-13/h2-3,5-6,14,16H,4,7-12H2,1H3/t14-,16+/m1/s1. The van der Waals surface area contributed by atoms with Gasteiger partial charge in [-0.3, -0.25) is 9.69 Å². The highest BCUT2D eigenvalue weighted by Gasteiger charge is 2.36. The van der Waals surface area contributed by atoms with Crippen LogP contribution in [0, 0.1) is 11.7 Å². The van der Waals surface area contributed by atoms with Crippen molar-refractivity contribution in [2.45, 2.75) is 25.4 Å². The summed E-state index contributed by atoms with van der Waals surface area (Å²) in [5, 5.41) is 0. The van der Waals surface area contributed by atoms with Gasteiger partial charge in [0.25, 0.3) is 0 Å². The van der Waals surface area contributed by atoms with Crippen LogP contribution < -0.4 is 0 Å². The fourth-order valence-electron chi connectivity index (χ4n) is 3.67. The smallest absolute Gasteiger partial charge is 0.232 e. The lowest BCUT2D eigenvalue weighted by atomic mass is 9.95. The zero-order valence-electron chi connectivity index (χ0n) is 13.0. The molecule has 0 N–H and O–H groups in total. The number of nitrogens with zero attached hydrogens (tertiary/aromatic N) is 2. The molecule has 120 valence electrons. The summed E-state index contributed by atoms with van der Waals surface area (Å²) in [4.78, 5) is 16.8. The van der Waals surface area contributed by atoms with E-state index < -0.39 is 0 Å². The maximum Gasteiger partial charge on any atom is 0.232 e. The molecule has 3 nitrogen and oxygen atoms in total. The number of amides is 1. The van der Waals surface area contributed by atoms with E-state index in [-0.39, 0.29) is 11.7 Å². The van der Waals surface area contributed by atoms with E-state index in [1.54, 1.807) is 11.8 Å². The fourth-order valence-corrected chi connectivity index (χ4v) is 4.08. The molecule has 1 amide bonds. The van der Waals surface area contributed by atoms with Gasteiger partial charge in [-0.15, -0.1) is 0 Å². The summed E-state index contributed by atoms with van der Waals surface area (Å²) in [6, 6.07) is 7.11. The zero-order chi connectivity index (χ0) is 15.5. The summed E-state index contributed by atoms with van der Waals surface area (Å²) >= 11 is 1.60. The molecule has 2 bridgehead atoms. The van der Waals surface area contributed by atoms with Crippen LogP contribution in [0.4, 0.5) is 4.39 Å². The molecule has 4 rings (SSSR count). The molecule has 0 aromatic heterocycles. The van der Waals surface area contributed by atoms with E-state index in [0.717, 1.165) is 38.2 Å². The zero-order valence-corrected chi connectivity index (χ0v) is 13.8. The van der Waals surface area contributed by atoms with Crippen molar-refractivity contribution in [3.05, 3.63) is 35.6 Å². The molecule has 0 unspecified atom stereocenters. The Morgan fingerprint density at radius 1 is 1.23 bits per heavy atom. The van der Waals surface area contributed by atoms with Crippen molar-refractivity contribution in [2.75, 3.05) is 31.6 Å². The average Bonchev–Trinajstić information content (AvgIpc) is 2.80. The first-order valence-corrected chi connectivity index (χ1v) is 9.30. The maximum absolute atomic E-state index is 13.0. The Labute approximate surface area is 135 Å². The molecule has 0 radical (unpaired) electrons. The van der Waals surface area contributed by atoms with E-state index in [1.807, 2.05) is 18.4 Å². The highest BCUT2D eigenvalue weighted by atomic mass is 32.2. The van der Waals surface area contributed by atoms with Gasteiger partial charge in [0, 0.05) is 32.2 Å². The highest BCUT2D eigenvalue weighted by Crippen LogP contribution is 2.29. The number of piperidine rings is 1. The number of rotatable bonds is 4. The summed E-state index contributed by atoms with van der Waals surface area (Å²) in [5.74, 6) is 1.26. The van der Waals surface area contributed by atoms with Gasteiger partial charge in [-0.2, -0.15) is 11.8 Å². The molecule has 2 atom stereocenters. The number of thioether (sulfide) groups is 1. The Morgan fingerprint density at radius 3 is 2.73 bits per heavy atom. The van der Waals surface area contributed by atoms with Crippen LogP contribution in [0.15, 0.2) is 24.3 Å². The molecule has 3 heterocycles. The third-order valence-electron chi connectivity index (χ3n) is 4.70. The lowest BCUT2D eigenvalue weighted by Crippen LogP contribution is -2.48. The van der Waals surface area contributed by atoms with Crippen LogP contribution in [-0.2, 0) is 11.3 Å². The van der Waals surface area contributed by atoms with Gasteiger partial charge in [0.15, 0.2) is 0 Å². The SMILES string of the molecule is CSCC(=O)N1C[C@@H]2CC[C@H]1CN(Cc1ccc(F)cc1)C2. The molecular weight excluding hydrogens is 299 g/mol. The van der Waals surface area contributed by atoms with Gasteiger partial charge in [0.2, 0.25) is 5.91 Å². The first kappa shape index (κ1) is 15.8. The molecule has 3 aliphatic heterocycles. The summed E-state index contributed by atoms with van der Waals surface area (Å²) < 4.78 is 13.0. The number of benzene rings is 1. The quantitative estimate of drug-likeness (QED) is 0.851. The van der Waals surface area contributed by atoms with Crippen LogP contribution >= 0.6 is 11.8 Å². The number of fused-ring (bicyclic) bond motifs is 4. The lowest BCUT2D eigenvalue weighted by Gasteiger charge is -2.36. The highest BCUT2D eigenvalue weighted by molar-refractivity contribution is 7.99. The van der Waals surface area contributed by atoms with Crippen LogP contribution in [0.3, 0.4) is 0 Å². The molecule has 1 aromatic rings. The third-order valence-corrected chi connectivity index (χ3v) is 5.23. The fraction of sp³-hybridized carbons (Fsp3) is 0.588. The molecule has 22 heavy (non-hydrogen) atoms. The summed E-state index contributed by atoms with van der Waals surface area (Å²) in [6.07, 6.45) is 4.31. The topological polar surface area (TPSA) is 23.6 Å². The summed E-state index contributed by atoms with van der Waals surface area (Å²) in [6.45, 7) is 3.73. The minimum Gasteiger partial charge on any atom is -0.337 e. The van der Waals surface area contributed by atoms with E-state index >= 15 is 0 Å². The van der Waals surface area contributed by atoms with Crippen molar-refractivity contribution in [3.8, 4) is 0 Å².